The zero-order chi connectivity index (χ0) is 16.4. The first-order chi connectivity index (χ1) is 11.8. The summed E-state index contributed by atoms with van der Waals surface area (Å²) in [5.74, 6) is 3.19. The minimum Gasteiger partial charge on any atom is -0.468 e. The maximum Gasteiger partial charge on any atom is 0.228 e. The molecule has 4 rings (SSSR count). The number of fused-ring (bicyclic) bond motifs is 1. The van der Waals surface area contributed by atoms with Gasteiger partial charge in [0.1, 0.15) is 17.4 Å². The number of amides is 1. The van der Waals surface area contributed by atoms with Crippen molar-refractivity contribution in [3.8, 4) is 0 Å². The molecule has 2 aromatic heterocycles. The van der Waals surface area contributed by atoms with E-state index in [1.807, 2.05) is 18.3 Å². The van der Waals surface area contributed by atoms with Crippen molar-refractivity contribution in [3.05, 3.63) is 36.2 Å². The fraction of sp³-hybridized carbons (Fsp3) is 0.556. The van der Waals surface area contributed by atoms with Crippen molar-refractivity contribution in [3.63, 3.8) is 0 Å². The number of aromatic nitrogens is 2. The Morgan fingerprint density at radius 1 is 1.29 bits per heavy atom. The molecule has 0 aromatic carbocycles. The third-order valence-electron chi connectivity index (χ3n) is 5.14. The topological polar surface area (TPSA) is 63.3 Å². The van der Waals surface area contributed by atoms with E-state index in [1.54, 1.807) is 6.26 Å². The molecule has 1 N–H and O–H groups in total. The van der Waals surface area contributed by atoms with Gasteiger partial charge in [-0.2, -0.15) is 0 Å². The molecule has 0 atom stereocenters. The lowest BCUT2D eigenvalue weighted by Crippen LogP contribution is -2.38. The Labute approximate surface area is 141 Å². The molecule has 2 aliphatic rings. The van der Waals surface area contributed by atoms with E-state index < -0.39 is 0 Å². The number of piperidine rings is 1. The van der Waals surface area contributed by atoms with Crippen molar-refractivity contribution in [2.45, 2.75) is 45.2 Å². The summed E-state index contributed by atoms with van der Waals surface area (Å²) in [6, 6.07) is 3.92. The lowest BCUT2D eigenvalue weighted by atomic mass is 9.96. The summed E-state index contributed by atoms with van der Waals surface area (Å²) in [4.78, 5) is 19.4. The number of likely N-dealkylation sites (tertiary alicyclic amines) is 1. The smallest absolute Gasteiger partial charge is 0.228 e. The van der Waals surface area contributed by atoms with E-state index in [-0.39, 0.29) is 11.8 Å². The zero-order valence-electron chi connectivity index (χ0n) is 13.9. The summed E-state index contributed by atoms with van der Waals surface area (Å²) in [6.07, 6.45) is 8.68. The Kier molecular flexibility index (Phi) is 4.38. The molecule has 0 spiro atoms. The van der Waals surface area contributed by atoms with Crippen molar-refractivity contribution in [2.24, 2.45) is 5.92 Å². The van der Waals surface area contributed by atoms with Gasteiger partial charge in [-0.25, -0.2) is 4.98 Å². The number of furan rings is 1. The molecule has 128 valence electrons. The van der Waals surface area contributed by atoms with Gasteiger partial charge in [0, 0.05) is 18.9 Å². The predicted octanol–water partition coefficient (Wildman–Crippen LogP) is 2.66. The van der Waals surface area contributed by atoms with Crippen LogP contribution in [0.4, 0.5) is 5.82 Å². The molecule has 1 fully saturated rings. The molecule has 0 saturated carbocycles. The maximum absolute atomic E-state index is 12.6. The molecule has 1 saturated heterocycles. The highest BCUT2D eigenvalue weighted by atomic mass is 16.3. The second-order valence-electron chi connectivity index (χ2n) is 6.79. The van der Waals surface area contributed by atoms with E-state index in [1.165, 1.54) is 6.42 Å². The molecule has 6 nitrogen and oxygen atoms in total. The van der Waals surface area contributed by atoms with Crippen LogP contribution in [-0.2, 0) is 24.3 Å². The van der Waals surface area contributed by atoms with Gasteiger partial charge >= 0.3 is 0 Å². The van der Waals surface area contributed by atoms with Crippen molar-refractivity contribution < 1.29 is 9.21 Å². The molecular formula is C18H24N4O2. The first-order valence-electron chi connectivity index (χ1n) is 8.89. The number of rotatable bonds is 4. The van der Waals surface area contributed by atoms with Crippen molar-refractivity contribution in [1.29, 1.82) is 0 Å². The average molecular weight is 328 g/mol. The van der Waals surface area contributed by atoms with Gasteiger partial charge in [0.2, 0.25) is 5.91 Å². The standard InChI is InChI=1S/C18H24N4O2/c23-18(20-17-12-19-16-5-1-2-8-22(16)17)14-6-9-21(10-7-14)13-15-4-3-11-24-15/h3-4,11-12,14H,1-2,5-10,13H2,(H,20,23). The van der Waals surface area contributed by atoms with Gasteiger partial charge in [0.15, 0.2) is 0 Å². The van der Waals surface area contributed by atoms with Gasteiger partial charge in [-0.1, -0.05) is 0 Å². The first-order valence-corrected chi connectivity index (χ1v) is 8.89. The lowest BCUT2D eigenvalue weighted by molar-refractivity contribution is -0.121. The van der Waals surface area contributed by atoms with Gasteiger partial charge in [0.25, 0.3) is 0 Å². The van der Waals surface area contributed by atoms with Crippen LogP contribution in [-0.4, -0.2) is 33.4 Å². The van der Waals surface area contributed by atoms with E-state index in [0.29, 0.717) is 0 Å². The van der Waals surface area contributed by atoms with Crippen LogP contribution in [0.15, 0.2) is 29.0 Å². The first kappa shape index (κ1) is 15.4. The number of aryl methyl sites for hydroxylation is 1. The number of carbonyl (C=O) groups excluding carboxylic acids is 1. The average Bonchev–Trinajstić information content (AvgIpc) is 3.26. The van der Waals surface area contributed by atoms with E-state index in [0.717, 1.165) is 69.3 Å². The van der Waals surface area contributed by atoms with Crippen LogP contribution in [0.3, 0.4) is 0 Å². The van der Waals surface area contributed by atoms with Crippen LogP contribution in [0.25, 0.3) is 0 Å². The van der Waals surface area contributed by atoms with Crippen molar-refractivity contribution >= 4 is 11.7 Å². The SMILES string of the molecule is O=C(Nc1cnc2n1CCCC2)C1CCN(Cc2ccco2)CC1. The second kappa shape index (κ2) is 6.81. The van der Waals surface area contributed by atoms with E-state index >= 15 is 0 Å². The van der Waals surface area contributed by atoms with Gasteiger partial charge < -0.3 is 14.3 Å². The normalized spacial score (nSPS) is 19.2. The minimum atomic E-state index is 0.0904. The molecule has 0 bridgehead atoms. The number of imidazole rings is 1. The van der Waals surface area contributed by atoms with Crippen LogP contribution in [0.1, 0.15) is 37.3 Å². The van der Waals surface area contributed by atoms with E-state index in [9.17, 15) is 4.79 Å². The largest absolute Gasteiger partial charge is 0.468 e. The molecule has 0 radical (unpaired) electrons. The number of nitrogens with one attached hydrogen (secondary N) is 1. The third-order valence-corrected chi connectivity index (χ3v) is 5.14. The summed E-state index contributed by atoms with van der Waals surface area (Å²) >= 11 is 0. The molecule has 0 aliphatic carbocycles. The van der Waals surface area contributed by atoms with Crippen LogP contribution in [0.2, 0.25) is 0 Å². The fourth-order valence-electron chi connectivity index (χ4n) is 3.72. The maximum atomic E-state index is 12.6. The van der Waals surface area contributed by atoms with Crippen LogP contribution in [0.5, 0.6) is 0 Å². The second-order valence-corrected chi connectivity index (χ2v) is 6.79. The Bertz CT molecular complexity index is 684. The van der Waals surface area contributed by atoms with E-state index in [4.69, 9.17) is 4.42 Å². The summed E-state index contributed by atoms with van der Waals surface area (Å²) in [5.41, 5.74) is 0. The fourth-order valence-corrected chi connectivity index (χ4v) is 3.72. The quantitative estimate of drug-likeness (QED) is 0.937. The summed E-state index contributed by atoms with van der Waals surface area (Å²) in [7, 11) is 0. The number of carbonyl (C=O) groups is 1. The minimum absolute atomic E-state index is 0.0904. The van der Waals surface area contributed by atoms with Crippen LogP contribution in [0, 0.1) is 5.92 Å². The highest BCUT2D eigenvalue weighted by Crippen LogP contribution is 2.23. The lowest BCUT2D eigenvalue weighted by Gasteiger charge is -2.30. The van der Waals surface area contributed by atoms with Crippen LogP contribution < -0.4 is 5.32 Å². The Hall–Kier alpha value is -2.08. The number of hydrogen-bond acceptors (Lipinski definition) is 4. The molecule has 24 heavy (non-hydrogen) atoms. The third kappa shape index (κ3) is 3.24. The summed E-state index contributed by atoms with van der Waals surface area (Å²) < 4.78 is 7.56. The highest BCUT2D eigenvalue weighted by Gasteiger charge is 2.26. The van der Waals surface area contributed by atoms with Gasteiger partial charge in [0.05, 0.1) is 19.0 Å². The van der Waals surface area contributed by atoms with Crippen molar-refractivity contribution in [2.75, 3.05) is 18.4 Å². The van der Waals surface area contributed by atoms with Gasteiger partial charge in [-0.3, -0.25) is 9.69 Å². The summed E-state index contributed by atoms with van der Waals surface area (Å²) in [6.45, 7) is 3.66. The Morgan fingerprint density at radius 2 is 2.17 bits per heavy atom. The molecule has 2 aliphatic heterocycles. The number of hydrogen-bond donors (Lipinski definition) is 1. The Morgan fingerprint density at radius 3 is 2.96 bits per heavy atom. The number of nitrogens with zero attached hydrogens (tertiary/aromatic N) is 3. The van der Waals surface area contributed by atoms with Gasteiger partial charge in [-0.05, 0) is 50.9 Å². The summed E-state index contributed by atoms with van der Waals surface area (Å²) in [5, 5.41) is 3.10. The molecule has 4 heterocycles. The molecule has 6 heteroatoms. The number of anilines is 1. The monoisotopic (exact) mass is 328 g/mol. The predicted molar refractivity (Wildman–Crippen MR) is 90.5 cm³/mol. The molecule has 2 aromatic rings. The van der Waals surface area contributed by atoms with Crippen molar-refractivity contribution in [1.82, 2.24) is 14.5 Å². The van der Waals surface area contributed by atoms with E-state index in [2.05, 4.69) is 19.8 Å². The molecular weight excluding hydrogens is 304 g/mol. The Balaban J connectivity index is 1.31. The molecule has 0 unspecified atom stereocenters. The molecule has 1 amide bonds. The van der Waals surface area contributed by atoms with Gasteiger partial charge in [-0.15, -0.1) is 0 Å². The van der Waals surface area contributed by atoms with Crippen LogP contribution >= 0.6 is 0 Å². The zero-order valence-corrected chi connectivity index (χ0v) is 13.9. The highest BCUT2D eigenvalue weighted by molar-refractivity contribution is 5.91.